The molecule has 1 unspecified atom stereocenters. The van der Waals surface area contributed by atoms with Gasteiger partial charge in [-0.25, -0.2) is 0 Å². The van der Waals surface area contributed by atoms with Crippen molar-refractivity contribution >= 4 is 40.4 Å². The van der Waals surface area contributed by atoms with Gasteiger partial charge >= 0.3 is 0 Å². The molecule has 1 aromatic heterocycles. The molecule has 3 aromatic rings. The number of para-hydroxylation sites is 2. The molecule has 3 N–H and O–H groups in total. The number of quaternary nitrogens is 1. The van der Waals surface area contributed by atoms with E-state index in [-0.39, 0.29) is 32.7 Å². The first kappa shape index (κ1) is 22.9. The van der Waals surface area contributed by atoms with E-state index in [1.54, 1.807) is 11.8 Å². The minimum atomic E-state index is -1.10. The number of benzene rings is 2. The molecule has 0 saturated carbocycles. The van der Waals surface area contributed by atoms with Crippen molar-refractivity contribution in [3.8, 4) is 0 Å². The Morgan fingerprint density at radius 3 is 2.73 bits per heavy atom. The van der Waals surface area contributed by atoms with Crippen LogP contribution >= 0.6 is 11.8 Å². The summed E-state index contributed by atoms with van der Waals surface area (Å²) >= 11 is 1.54. The zero-order chi connectivity index (χ0) is 20.4. The molecule has 0 spiro atoms. The normalized spacial score (nSPS) is 15.1. The summed E-state index contributed by atoms with van der Waals surface area (Å²) in [5, 5.41) is 12.0. The molecule has 5 nitrogen and oxygen atoms in total. The number of carboxylic acid groups (broad SMARTS) is 1. The average Bonchev–Trinajstić information content (AvgIpc) is 3.05. The van der Waals surface area contributed by atoms with Crippen molar-refractivity contribution in [1.29, 1.82) is 0 Å². The Bertz CT molecular complexity index is 1100. The standard InChI is InChI=1S/C23H23N3O2S.Y/c1-25-18(13-17-6-2-4-8-21(17)25)12-16-10-11-26(15-29-14-20(24)23(27)28)22-9-5-3-7-19(16)22;/h2-12,20H,13-15,24H2,1H3;/p+1. The molecule has 7 heteroatoms. The van der Waals surface area contributed by atoms with Crippen LogP contribution in [-0.2, 0) is 49.8 Å². The predicted octanol–water partition coefficient (Wildman–Crippen LogP) is 1.21. The first-order valence-corrected chi connectivity index (χ1v) is 10.7. The smallest absolute Gasteiger partial charge is 0.213 e. The van der Waals surface area contributed by atoms with E-state index in [0.29, 0.717) is 11.6 Å². The second-order valence-corrected chi connectivity index (χ2v) is 8.27. The summed E-state index contributed by atoms with van der Waals surface area (Å²) in [6, 6.07) is 18.3. The zero-order valence-electron chi connectivity index (χ0n) is 17.0. The van der Waals surface area contributed by atoms with Crippen LogP contribution in [-0.4, -0.2) is 24.8 Å². The molecule has 1 atom stereocenters. The summed E-state index contributed by atoms with van der Waals surface area (Å²) in [6.45, 7) is 0. The maximum Gasteiger partial charge on any atom is 0.213 e. The van der Waals surface area contributed by atoms with Gasteiger partial charge in [-0.2, -0.15) is 4.57 Å². The largest absolute Gasteiger partial charge is 0.544 e. The van der Waals surface area contributed by atoms with Gasteiger partial charge in [0.05, 0.1) is 17.1 Å². The van der Waals surface area contributed by atoms with E-state index in [9.17, 15) is 9.90 Å². The quantitative estimate of drug-likeness (QED) is 0.522. The number of allylic oxidation sites excluding steroid dienone is 1. The van der Waals surface area contributed by atoms with Gasteiger partial charge in [0.1, 0.15) is 6.04 Å². The van der Waals surface area contributed by atoms with Crippen molar-refractivity contribution in [1.82, 2.24) is 0 Å². The number of pyridine rings is 1. The van der Waals surface area contributed by atoms with E-state index >= 15 is 0 Å². The first-order chi connectivity index (χ1) is 14.0. The number of thioether (sulfide) groups is 1. The van der Waals surface area contributed by atoms with Gasteiger partial charge < -0.3 is 20.5 Å². The van der Waals surface area contributed by atoms with Crippen molar-refractivity contribution in [2.75, 3.05) is 17.7 Å². The van der Waals surface area contributed by atoms with Gasteiger partial charge in [0.2, 0.25) is 5.52 Å². The van der Waals surface area contributed by atoms with Crippen LogP contribution in [0.5, 0.6) is 0 Å². The van der Waals surface area contributed by atoms with Crippen LogP contribution in [0.4, 0.5) is 5.69 Å². The molecular formula is C23H24N3O2SY+. The van der Waals surface area contributed by atoms with Crippen LogP contribution in [0.15, 0.2) is 66.5 Å². The Morgan fingerprint density at radius 2 is 1.97 bits per heavy atom. The Morgan fingerprint density at radius 1 is 1.23 bits per heavy atom. The van der Waals surface area contributed by atoms with Gasteiger partial charge in [-0.05, 0) is 29.3 Å². The van der Waals surface area contributed by atoms with Gasteiger partial charge in [0, 0.05) is 69.7 Å². The molecule has 0 bridgehead atoms. The molecule has 4 rings (SSSR count). The average molecular weight is 495 g/mol. The van der Waals surface area contributed by atoms with Crippen LogP contribution in [0.1, 0.15) is 11.1 Å². The molecule has 151 valence electrons. The van der Waals surface area contributed by atoms with Gasteiger partial charge in [-0.1, -0.05) is 42.1 Å². The summed E-state index contributed by atoms with van der Waals surface area (Å²) in [5.74, 6) is -0.00317. The van der Waals surface area contributed by atoms with Gasteiger partial charge in [0.15, 0.2) is 12.1 Å². The molecule has 1 aliphatic rings. The van der Waals surface area contributed by atoms with Crippen LogP contribution in [0.2, 0.25) is 0 Å². The molecule has 30 heavy (non-hydrogen) atoms. The molecule has 1 aliphatic heterocycles. The molecule has 0 fully saturated rings. The number of carbonyl (C=O) groups is 1. The Kier molecular flexibility index (Phi) is 7.69. The molecule has 0 amide bonds. The maximum atomic E-state index is 10.9. The molecule has 0 saturated heterocycles. The number of hydrogen-bond donors (Lipinski definition) is 1. The van der Waals surface area contributed by atoms with Crippen molar-refractivity contribution < 1.29 is 52.9 Å². The monoisotopic (exact) mass is 495 g/mol. The third-order valence-corrected chi connectivity index (χ3v) is 6.42. The molecule has 0 aliphatic carbocycles. The fourth-order valence-corrected chi connectivity index (χ4v) is 4.64. The number of fused-ring (bicyclic) bond motifs is 2. The van der Waals surface area contributed by atoms with Crippen molar-refractivity contribution in [3.05, 3.63) is 77.6 Å². The van der Waals surface area contributed by atoms with Crippen molar-refractivity contribution in [3.63, 3.8) is 0 Å². The van der Waals surface area contributed by atoms with E-state index < -0.39 is 12.0 Å². The van der Waals surface area contributed by atoms with E-state index in [4.69, 9.17) is 0 Å². The van der Waals surface area contributed by atoms with Gasteiger partial charge in [0.25, 0.3) is 0 Å². The minimum Gasteiger partial charge on any atom is -0.544 e. The van der Waals surface area contributed by atoms with Gasteiger partial charge in [-0.3, -0.25) is 0 Å². The van der Waals surface area contributed by atoms with Crippen LogP contribution in [0, 0.1) is 0 Å². The summed E-state index contributed by atoms with van der Waals surface area (Å²) in [6.07, 6.45) is 5.27. The number of rotatable bonds is 6. The second-order valence-electron chi connectivity index (χ2n) is 7.27. The number of nitrogens with zero attached hydrogens (tertiary/aromatic N) is 2. The molecule has 2 aromatic carbocycles. The summed E-state index contributed by atoms with van der Waals surface area (Å²) < 4.78 is 2.15. The SMILES string of the molecule is CN1C(=Cc2cc[n+](CSCC([NH3+])C(=O)[O-])c3ccccc23)Cc2ccccc21.[Y]. The number of aromatic nitrogens is 1. The summed E-state index contributed by atoms with van der Waals surface area (Å²) in [5.41, 5.74) is 9.82. The second kappa shape index (κ2) is 10.1. The number of hydrogen-bond acceptors (Lipinski definition) is 4. The topological polar surface area (TPSA) is 74.9 Å². The summed E-state index contributed by atoms with van der Waals surface area (Å²) in [4.78, 5) is 13.1. The van der Waals surface area contributed by atoms with Crippen molar-refractivity contribution in [2.45, 2.75) is 18.3 Å². The first-order valence-electron chi connectivity index (χ1n) is 9.59. The predicted molar refractivity (Wildman–Crippen MR) is 115 cm³/mol. The van der Waals surface area contributed by atoms with E-state index in [1.807, 2.05) is 6.07 Å². The Balaban J connectivity index is 0.00000256. The van der Waals surface area contributed by atoms with Crippen LogP contribution in [0.3, 0.4) is 0 Å². The van der Waals surface area contributed by atoms with Crippen LogP contribution < -0.4 is 20.3 Å². The fraction of sp³-hybridized carbons (Fsp3) is 0.217. The third-order valence-electron chi connectivity index (χ3n) is 5.32. The number of carbonyl (C=O) groups excluding carboxylic acids is 1. The van der Waals surface area contributed by atoms with E-state index in [1.165, 1.54) is 27.9 Å². The van der Waals surface area contributed by atoms with E-state index in [2.05, 4.69) is 83.1 Å². The van der Waals surface area contributed by atoms with Crippen LogP contribution in [0.25, 0.3) is 17.0 Å². The Hall–Kier alpha value is -1.73. The third kappa shape index (κ3) is 4.78. The molecule has 1 radical (unpaired) electrons. The zero-order valence-corrected chi connectivity index (χ0v) is 20.6. The molecule has 2 heterocycles. The van der Waals surface area contributed by atoms with Crippen molar-refractivity contribution in [2.24, 2.45) is 0 Å². The van der Waals surface area contributed by atoms with E-state index in [0.717, 1.165) is 11.9 Å². The maximum absolute atomic E-state index is 10.9. The number of anilines is 1. The minimum absolute atomic E-state index is 0. The fourth-order valence-electron chi connectivity index (χ4n) is 3.69. The van der Waals surface area contributed by atoms with Gasteiger partial charge in [-0.15, -0.1) is 0 Å². The number of carboxylic acids is 1. The number of likely N-dealkylation sites (N-methyl/N-ethyl adjacent to an activating group) is 1. The molecular weight excluding hydrogens is 471 g/mol. The Labute approximate surface area is 205 Å². The number of aliphatic carboxylic acids is 1. The summed E-state index contributed by atoms with van der Waals surface area (Å²) in [7, 11) is 2.12.